The molecule has 1 aromatic heterocycles. The molecule has 1 saturated heterocycles. The molecule has 6 heteroatoms. The molecule has 0 atom stereocenters. The van der Waals surface area contributed by atoms with E-state index < -0.39 is 5.82 Å². The van der Waals surface area contributed by atoms with Crippen molar-refractivity contribution < 1.29 is 14.0 Å². The molecule has 0 saturated carbocycles. The topological polar surface area (TPSA) is 56.4 Å². The molecule has 0 unspecified atom stereocenters. The summed E-state index contributed by atoms with van der Waals surface area (Å²) < 4.78 is 13.9. The average Bonchev–Trinajstić information content (AvgIpc) is 2.79. The number of H-pyrrole nitrogens is 1. The number of rotatable bonds is 2. The predicted octanol–water partition coefficient (Wildman–Crippen LogP) is 2.76. The Morgan fingerprint density at radius 1 is 0.960 bits per heavy atom. The summed E-state index contributed by atoms with van der Waals surface area (Å²) in [5.41, 5.74) is 2.56. The Kier molecular flexibility index (Phi) is 4.88. The van der Waals surface area contributed by atoms with Crippen molar-refractivity contribution in [3.8, 4) is 0 Å². The lowest BCUT2D eigenvalue weighted by Crippen LogP contribution is -2.37. The summed E-state index contributed by atoms with van der Waals surface area (Å²) in [5, 5.41) is 0. The number of benzene rings is 1. The Balaban J connectivity index is 1.70. The van der Waals surface area contributed by atoms with Crippen molar-refractivity contribution in [2.75, 3.05) is 26.2 Å². The molecule has 2 heterocycles. The zero-order valence-corrected chi connectivity index (χ0v) is 14.5. The largest absolute Gasteiger partial charge is 0.362 e. The molecule has 1 aliphatic heterocycles. The van der Waals surface area contributed by atoms with Crippen LogP contribution in [0.5, 0.6) is 0 Å². The summed E-state index contributed by atoms with van der Waals surface area (Å²) in [6.07, 6.45) is 0.675. The molecule has 0 spiro atoms. The summed E-state index contributed by atoms with van der Waals surface area (Å²) in [6.45, 7) is 5.75. The zero-order valence-electron chi connectivity index (χ0n) is 14.5. The lowest BCUT2D eigenvalue weighted by molar-refractivity contribution is 0.0716. The fourth-order valence-electron chi connectivity index (χ4n) is 3.25. The van der Waals surface area contributed by atoms with Crippen molar-refractivity contribution in [3.05, 3.63) is 58.7 Å². The second-order valence-electron chi connectivity index (χ2n) is 6.41. The van der Waals surface area contributed by atoms with E-state index in [1.54, 1.807) is 21.9 Å². The highest BCUT2D eigenvalue weighted by Gasteiger charge is 2.25. The summed E-state index contributed by atoms with van der Waals surface area (Å²) >= 11 is 0. The van der Waals surface area contributed by atoms with E-state index in [1.807, 2.05) is 19.9 Å². The van der Waals surface area contributed by atoms with Crippen LogP contribution < -0.4 is 0 Å². The van der Waals surface area contributed by atoms with Gasteiger partial charge in [-0.15, -0.1) is 0 Å². The quantitative estimate of drug-likeness (QED) is 0.912. The number of hydrogen-bond acceptors (Lipinski definition) is 2. The second kappa shape index (κ2) is 7.09. The smallest absolute Gasteiger partial charge is 0.256 e. The third kappa shape index (κ3) is 3.57. The van der Waals surface area contributed by atoms with Crippen molar-refractivity contribution >= 4 is 11.8 Å². The lowest BCUT2D eigenvalue weighted by Gasteiger charge is -2.22. The van der Waals surface area contributed by atoms with Crippen molar-refractivity contribution in [1.29, 1.82) is 0 Å². The molecule has 2 aromatic rings. The number of amides is 2. The first-order valence-corrected chi connectivity index (χ1v) is 8.46. The predicted molar refractivity (Wildman–Crippen MR) is 93.1 cm³/mol. The minimum absolute atomic E-state index is 0.0259. The Labute approximate surface area is 146 Å². The molecule has 0 radical (unpaired) electrons. The number of aromatic amines is 1. The van der Waals surface area contributed by atoms with Crippen LogP contribution in [0.3, 0.4) is 0 Å². The molecule has 1 aliphatic rings. The van der Waals surface area contributed by atoms with Gasteiger partial charge in [-0.05, 0) is 38.5 Å². The molecular weight excluding hydrogens is 321 g/mol. The van der Waals surface area contributed by atoms with Crippen LogP contribution in [-0.2, 0) is 0 Å². The number of nitrogens with zero attached hydrogens (tertiary/aromatic N) is 2. The molecule has 5 nitrogen and oxygen atoms in total. The minimum atomic E-state index is -0.511. The standard InChI is InChI=1S/C19H22FN3O2/c1-13-12-16(14(2)21-13)19(25)23-9-5-8-22(10-11-23)18(24)15-6-3-4-7-17(15)20/h3-4,6-7,12,21H,5,8-11H2,1-2H3. The zero-order chi connectivity index (χ0) is 18.0. The molecule has 132 valence electrons. The molecule has 1 aromatic carbocycles. The number of carbonyl (C=O) groups excluding carboxylic acids is 2. The van der Waals surface area contributed by atoms with Crippen molar-refractivity contribution in [3.63, 3.8) is 0 Å². The highest BCUT2D eigenvalue weighted by molar-refractivity contribution is 5.96. The second-order valence-corrected chi connectivity index (χ2v) is 6.41. The lowest BCUT2D eigenvalue weighted by atomic mass is 10.2. The number of hydrogen-bond donors (Lipinski definition) is 1. The van der Waals surface area contributed by atoms with Crippen LogP contribution >= 0.6 is 0 Å². The number of carbonyl (C=O) groups is 2. The first kappa shape index (κ1) is 17.2. The van der Waals surface area contributed by atoms with Crippen LogP contribution in [0, 0.1) is 19.7 Å². The Hall–Kier alpha value is -2.63. The molecule has 25 heavy (non-hydrogen) atoms. The van der Waals surface area contributed by atoms with Gasteiger partial charge < -0.3 is 14.8 Å². The highest BCUT2D eigenvalue weighted by Crippen LogP contribution is 2.16. The summed E-state index contributed by atoms with van der Waals surface area (Å²) in [5.74, 6) is -0.855. The first-order valence-electron chi connectivity index (χ1n) is 8.46. The molecule has 1 fully saturated rings. The molecule has 3 rings (SSSR count). The highest BCUT2D eigenvalue weighted by atomic mass is 19.1. The van der Waals surface area contributed by atoms with E-state index in [0.717, 1.165) is 11.4 Å². The average molecular weight is 343 g/mol. The van der Waals surface area contributed by atoms with Gasteiger partial charge in [0.1, 0.15) is 5.82 Å². The molecule has 2 amide bonds. The van der Waals surface area contributed by atoms with Crippen LogP contribution in [0.15, 0.2) is 30.3 Å². The van der Waals surface area contributed by atoms with Gasteiger partial charge in [-0.2, -0.15) is 0 Å². The van der Waals surface area contributed by atoms with Gasteiger partial charge in [-0.3, -0.25) is 9.59 Å². The van der Waals surface area contributed by atoms with Crippen LogP contribution in [0.2, 0.25) is 0 Å². The van der Waals surface area contributed by atoms with Crippen LogP contribution in [0.1, 0.15) is 38.5 Å². The molecular formula is C19H22FN3O2. The minimum Gasteiger partial charge on any atom is -0.362 e. The maximum atomic E-state index is 13.9. The summed E-state index contributed by atoms with van der Waals surface area (Å²) in [4.78, 5) is 31.8. The third-order valence-electron chi connectivity index (χ3n) is 4.55. The van der Waals surface area contributed by atoms with E-state index in [0.29, 0.717) is 38.2 Å². The van der Waals surface area contributed by atoms with Gasteiger partial charge in [0.25, 0.3) is 11.8 Å². The van der Waals surface area contributed by atoms with Gasteiger partial charge >= 0.3 is 0 Å². The number of aryl methyl sites for hydroxylation is 2. The van der Waals surface area contributed by atoms with Gasteiger partial charge in [0.15, 0.2) is 0 Å². The maximum absolute atomic E-state index is 13.9. The van der Waals surface area contributed by atoms with E-state index >= 15 is 0 Å². The van der Waals surface area contributed by atoms with Gasteiger partial charge in [-0.1, -0.05) is 12.1 Å². The molecule has 0 aliphatic carbocycles. The normalized spacial score (nSPS) is 15.2. The fourth-order valence-corrected chi connectivity index (χ4v) is 3.25. The fraction of sp³-hybridized carbons (Fsp3) is 0.368. The van der Waals surface area contributed by atoms with Crippen LogP contribution in [0.25, 0.3) is 0 Å². The van der Waals surface area contributed by atoms with Crippen LogP contribution in [-0.4, -0.2) is 52.8 Å². The van der Waals surface area contributed by atoms with Crippen molar-refractivity contribution in [2.24, 2.45) is 0 Å². The number of aromatic nitrogens is 1. The number of halogens is 1. The summed E-state index contributed by atoms with van der Waals surface area (Å²) in [6, 6.07) is 7.86. The van der Waals surface area contributed by atoms with E-state index in [-0.39, 0.29) is 17.4 Å². The Morgan fingerprint density at radius 2 is 1.56 bits per heavy atom. The van der Waals surface area contributed by atoms with Crippen molar-refractivity contribution in [2.45, 2.75) is 20.3 Å². The maximum Gasteiger partial charge on any atom is 0.256 e. The van der Waals surface area contributed by atoms with E-state index in [9.17, 15) is 14.0 Å². The Bertz CT molecular complexity index is 800. The SMILES string of the molecule is Cc1cc(C(=O)N2CCCN(C(=O)c3ccccc3F)CC2)c(C)[nH]1. The molecule has 0 bridgehead atoms. The van der Waals surface area contributed by atoms with Gasteiger partial charge in [0, 0.05) is 37.6 Å². The first-order chi connectivity index (χ1) is 12.0. The van der Waals surface area contributed by atoms with Gasteiger partial charge in [0.2, 0.25) is 0 Å². The van der Waals surface area contributed by atoms with Crippen LogP contribution in [0.4, 0.5) is 4.39 Å². The third-order valence-corrected chi connectivity index (χ3v) is 4.55. The van der Waals surface area contributed by atoms with Gasteiger partial charge in [-0.25, -0.2) is 4.39 Å². The summed E-state index contributed by atoms with van der Waals surface area (Å²) in [7, 11) is 0. The Morgan fingerprint density at radius 3 is 2.12 bits per heavy atom. The van der Waals surface area contributed by atoms with E-state index in [2.05, 4.69) is 4.98 Å². The number of nitrogens with one attached hydrogen (secondary N) is 1. The van der Waals surface area contributed by atoms with Gasteiger partial charge in [0.05, 0.1) is 11.1 Å². The van der Waals surface area contributed by atoms with Crippen molar-refractivity contribution in [1.82, 2.24) is 14.8 Å². The molecule has 1 N–H and O–H groups in total. The van der Waals surface area contributed by atoms with E-state index in [4.69, 9.17) is 0 Å². The van der Waals surface area contributed by atoms with E-state index in [1.165, 1.54) is 12.1 Å². The monoisotopic (exact) mass is 343 g/mol.